The first-order chi connectivity index (χ1) is 11.5. The Labute approximate surface area is 148 Å². The molecular formula is C17H15ClFNO3S. The Morgan fingerprint density at radius 1 is 1.21 bits per heavy atom. The number of hydrogen-bond acceptors (Lipinski definition) is 4. The van der Waals surface area contributed by atoms with Crippen molar-refractivity contribution in [3.8, 4) is 0 Å². The van der Waals surface area contributed by atoms with Crippen LogP contribution in [0.3, 0.4) is 0 Å². The third-order valence-electron chi connectivity index (χ3n) is 3.10. The molecular weight excluding hydrogens is 353 g/mol. The highest BCUT2D eigenvalue weighted by atomic mass is 35.5. The van der Waals surface area contributed by atoms with Gasteiger partial charge in [0.1, 0.15) is 5.82 Å². The monoisotopic (exact) mass is 367 g/mol. The van der Waals surface area contributed by atoms with Crippen molar-refractivity contribution in [3.05, 3.63) is 64.4 Å². The van der Waals surface area contributed by atoms with E-state index in [1.54, 1.807) is 36.4 Å². The molecule has 0 heterocycles. The molecule has 0 aliphatic rings. The number of halogens is 2. The van der Waals surface area contributed by atoms with E-state index in [9.17, 15) is 14.0 Å². The number of carbonyl (C=O) groups excluding carboxylic acids is 2. The maximum Gasteiger partial charge on any atom is 0.337 e. The predicted molar refractivity (Wildman–Crippen MR) is 94.0 cm³/mol. The predicted octanol–water partition coefficient (Wildman–Crippen LogP) is 4.14. The van der Waals surface area contributed by atoms with Gasteiger partial charge in [0, 0.05) is 16.5 Å². The maximum atomic E-state index is 13.6. The number of nitrogens with one attached hydrogen (secondary N) is 1. The van der Waals surface area contributed by atoms with Crippen molar-refractivity contribution in [3.63, 3.8) is 0 Å². The number of amides is 1. The zero-order valence-corrected chi connectivity index (χ0v) is 14.4. The lowest BCUT2D eigenvalue weighted by Gasteiger charge is -2.07. The Hall–Kier alpha value is -2.05. The average molecular weight is 368 g/mol. The molecule has 126 valence electrons. The molecule has 0 saturated carbocycles. The standard InChI is InChI=1S/C17H15ClFNO3S/c1-23-17(22)11-3-6-14(7-4-11)20-16(21)10-24-9-12-2-5-13(18)8-15(12)19/h2-8H,9-10H2,1H3,(H,20,21). The van der Waals surface area contributed by atoms with Crippen molar-refractivity contribution in [1.29, 1.82) is 0 Å². The van der Waals surface area contributed by atoms with Crippen molar-refractivity contribution >= 4 is 40.9 Å². The van der Waals surface area contributed by atoms with Crippen LogP contribution < -0.4 is 5.32 Å². The number of anilines is 1. The molecule has 7 heteroatoms. The first kappa shape index (κ1) is 18.3. The van der Waals surface area contributed by atoms with E-state index < -0.39 is 5.97 Å². The molecule has 1 amide bonds. The molecule has 2 rings (SSSR count). The molecule has 2 aromatic carbocycles. The molecule has 2 aromatic rings. The number of benzene rings is 2. The normalized spacial score (nSPS) is 10.3. The van der Waals surface area contributed by atoms with Gasteiger partial charge in [-0.25, -0.2) is 9.18 Å². The maximum absolute atomic E-state index is 13.6. The van der Waals surface area contributed by atoms with Gasteiger partial charge in [0.2, 0.25) is 5.91 Å². The third kappa shape index (κ3) is 5.25. The Kier molecular flexibility index (Phi) is 6.63. The molecule has 0 spiro atoms. The lowest BCUT2D eigenvalue weighted by Crippen LogP contribution is -2.14. The topological polar surface area (TPSA) is 55.4 Å². The number of hydrogen-bond donors (Lipinski definition) is 1. The molecule has 1 N–H and O–H groups in total. The Balaban J connectivity index is 1.81. The van der Waals surface area contributed by atoms with Gasteiger partial charge in [0.15, 0.2) is 0 Å². The fraction of sp³-hybridized carbons (Fsp3) is 0.176. The lowest BCUT2D eigenvalue weighted by atomic mass is 10.2. The van der Waals surface area contributed by atoms with E-state index in [2.05, 4.69) is 10.1 Å². The molecule has 0 aliphatic heterocycles. The van der Waals surface area contributed by atoms with E-state index in [-0.39, 0.29) is 17.5 Å². The summed E-state index contributed by atoms with van der Waals surface area (Å²) in [6.45, 7) is 0. The van der Waals surface area contributed by atoms with Crippen LogP contribution >= 0.6 is 23.4 Å². The highest BCUT2D eigenvalue weighted by molar-refractivity contribution is 7.99. The zero-order valence-electron chi connectivity index (χ0n) is 12.8. The summed E-state index contributed by atoms with van der Waals surface area (Å²) in [4.78, 5) is 23.2. The van der Waals surface area contributed by atoms with Crippen molar-refractivity contribution in [1.82, 2.24) is 0 Å². The highest BCUT2D eigenvalue weighted by Gasteiger charge is 2.08. The minimum atomic E-state index is -0.437. The van der Waals surface area contributed by atoms with Crippen LogP contribution in [0.1, 0.15) is 15.9 Å². The second kappa shape index (κ2) is 8.70. The lowest BCUT2D eigenvalue weighted by molar-refractivity contribution is -0.113. The number of esters is 1. The summed E-state index contributed by atoms with van der Waals surface area (Å²) in [7, 11) is 1.30. The minimum Gasteiger partial charge on any atom is -0.465 e. The summed E-state index contributed by atoms with van der Waals surface area (Å²) in [6.07, 6.45) is 0. The van der Waals surface area contributed by atoms with Crippen LogP contribution in [0.25, 0.3) is 0 Å². The van der Waals surface area contributed by atoms with Crippen molar-refractivity contribution in [2.75, 3.05) is 18.2 Å². The quantitative estimate of drug-likeness (QED) is 0.780. The van der Waals surface area contributed by atoms with Crippen LogP contribution in [0.15, 0.2) is 42.5 Å². The van der Waals surface area contributed by atoms with Gasteiger partial charge in [-0.3, -0.25) is 4.79 Å². The summed E-state index contributed by atoms with van der Waals surface area (Å²) < 4.78 is 18.2. The van der Waals surface area contributed by atoms with Crippen LogP contribution in [-0.4, -0.2) is 24.7 Å². The molecule has 0 atom stereocenters. The summed E-state index contributed by atoms with van der Waals surface area (Å²) in [5.74, 6) is -0.471. The molecule has 0 unspecified atom stereocenters. The largest absolute Gasteiger partial charge is 0.465 e. The van der Waals surface area contributed by atoms with Gasteiger partial charge in [0.25, 0.3) is 0 Å². The van der Waals surface area contributed by atoms with E-state index in [4.69, 9.17) is 11.6 Å². The van der Waals surface area contributed by atoms with Crippen molar-refractivity contribution in [2.24, 2.45) is 0 Å². The van der Waals surface area contributed by atoms with Crippen LogP contribution in [0, 0.1) is 5.82 Å². The summed E-state index contributed by atoms with van der Waals surface area (Å²) in [6, 6.07) is 10.8. The highest BCUT2D eigenvalue weighted by Crippen LogP contribution is 2.19. The van der Waals surface area contributed by atoms with Gasteiger partial charge in [-0.1, -0.05) is 17.7 Å². The van der Waals surface area contributed by atoms with Crippen molar-refractivity contribution < 1.29 is 18.7 Å². The van der Waals surface area contributed by atoms with E-state index in [0.717, 1.165) is 0 Å². The molecule has 0 fully saturated rings. The fourth-order valence-corrected chi connectivity index (χ4v) is 2.87. The minimum absolute atomic E-state index is 0.181. The van der Waals surface area contributed by atoms with Crippen LogP contribution in [0.5, 0.6) is 0 Å². The Bertz CT molecular complexity index is 737. The first-order valence-electron chi connectivity index (χ1n) is 6.99. The average Bonchev–Trinajstić information content (AvgIpc) is 2.57. The number of carbonyl (C=O) groups is 2. The summed E-state index contributed by atoms with van der Waals surface area (Å²) in [5.41, 5.74) is 1.48. The van der Waals surface area contributed by atoms with Gasteiger partial charge in [-0.05, 0) is 42.0 Å². The van der Waals surface area contributed by atoms with Gasteiger partial charge in [-0.2, -0.15) is 0 Å². The van der Waals surface area contributed by atoms with E-state index in [1.807, 2.05) is 0 Å². The van der Waals surface area contributed by atoms with E-state index in [0.29, 0.717) is 27.6 Å². The summed E-state index contributed by atoms with van der Waals surface area (Å²) in [5, 5.41) is 3.05. The van der Waals surface area contributed by atoms with Gasteiger partial charge >= 0.3 is 5.97 Å². The smallest absolute Gasteiger partial charge is 0.337 e. The molecule has 0 saturated heterocycles. The van der Waals surface area contributed by atoms with Gasteiger partial charge in [0.05, 0.1) is 18.4 Å². The number of rotatable bonds is 6. The Morgan fingerprint density at radius 3 is 2.54 bits per heavy atom. The van der Waals surface area contributed by atoms with E-state index >= 15 is 0 Å². The summed E-state index contributed by atoms with van der Waals surface area (Å²) >= 11 is 6.99. The molecule has 0 aliphatic carbocycles. The fourth-order valence-electron chi connectivity index (χ4n) is 1.90. The molecule has 24 heavy (non-hydrogen) atoms. The van der Waals surface area contributed by atoms with E-state index in [1.165, 1.54) is 24.9 Å². The van der Waals surface area contributed by atoms with Crippen LogP contribution in [0.2, 0.25) is 5.02 Å². The second-order valence-corrected chi connectivity index (χ2v) is 6.27. The van der Waals surface area contributed by atoms with Crippen LogP contribution in [-0.2, 0) is 15.3 Å². The van der Waals surface area contributed by atoms with Gasteiger partial charge < -0.3 is 10.1 Å². The molecule has 4 nitrogen and oxygen atoms in total. The molecule has 0 bridgehead atoms. The third-order valence-corrected chi connectivity index (χ3v) is 4.31. The molecule has 0 aromatic heterocycles. The number of methoxy groups -OCH3 is 1. The number of ether oxygens (including phenoxy) is 1. The van der Waals surface area contributed by atoms with Crippen molar-refractivity contribution in [2.45, 2.75) is 5.75 Å². The number of thioether (sulfide) groups is 1. The first-order valence-corrected chi connectivity index (χ1v) is 8.53. The Morgan fingerprint density at radius 2 is 1.92 bits per heavy atom. The van der Waals surface area contributed by atoms with Crippen LogP contribution in [0.4, 0.5) is 10.1 Å². The van der Waals surface area contributed by atoms with Gasteiger partial charge in [-0.15, -0.1) is 11.8 Å². The second-order valence-electron chi connectivity index (χ2n) is 4.85. The SMILES string of the molecule is COC(=O)c1ccc(NC(=O)CSCc2ccc(Cl)cc2F)cc1. The molecule has 0 radical (unpaired) electrons. The zero-order chi connectivity index (χ0) is 17.5.